The number of fused-ring (bicyclic) bond motifs is 2. The highest BCUT2D eigenvalue weighted by Gasteiger charge is 2.32. The number of benzene rings is 2. The van der Waals surface area contributed by atoms with E-state index < -0.39 is 16.1 Å². The fourth-order valence-corrected chi connectivity index (χ4v) is 4.75. The normalized spacial score (nSPS) is 17.8. The molecule has 3 N–H and O–H groups in total. The van der Waals surface area contributed by atoms with Crippen molar-refractivity contribution in [3.63, 3.8) is 0 Å². The van der Waals surface area contributed by atoms with Gasteiger partial charge in [0.05, 0.1) is 23.0 Å². The lowest BCUT2D eigenvalue weighted by molar-refractivity contribution is -0.122. The maximum Gasteiger partial charge on any atom is 0.241 e. The number of nitrogens with one attached hydrogen (secondary N) is 3. The highest BCUT2D eigenvalue weighted by Crippen LogP contribution is 2.22. The number of methoxy groups -OCH3 is 1. The van der Waals surface area contributed by atoms with Crippen LogP contribution in [-0.4, -0.2) is 44.0 Å². The number of ether oxygens (including phenoxy) is 1. The number of sulfonamides is 1. The lowest BCUT2D eigenvalue weighted by atomic mass is 10.1. The molecule has 1 amide bonds. The van der Waals surface area contributed by atoms with Gasteiger partial charge in [0.15, 0.2) is 0 Å². The number of hydrogen-bond donors (Lipinski definition) is 3. The summed E-state index contributed by atoms with van der Waals surface area (Å²) in [6.07, 6.45) is 0.824. The standard InChI is InChI=1S/C19H20N4O4S/c1-27-13-6-7-14-15(11-13)22-18(21-14)8-9-20-19(24)16-10-12-4-2-3-5-17(12)28(25,26)23-16/h2-7,11,16,23H,8-10H2,1H3,(H,20,24)(H,21,22). The Labute approximate surface area is 162 Å². The van der Waals surface area contributed by atoms with Gasteiger partial charge in [-0.1, -0.05) is 18.2 Å². The molecule has 1 aromatic heterocycles. The maximum absolute atomic E-state index is 12.5. The third-order valence-electron chi connectivity index (χ3n) is 4.70. The molecule has 0 saturated carbocycles. The summed E-state index contributed by atoms with van der Waals surface area (Å²) in [7, 11) is -2.08. The Balaban J connectivity index is 1.39. The number of nitrogens with zero attached hydrogens (tertiary/aromatic N) is 1. The van der Waals surface area contributed by atoms with E-state index in [9.17, 15) is 13.2 Å². The zero-order chi connectivity index (χ0) is 19.7. The molecular formula is C19H20N4O4S. The largest absolute Gasteiger partial charge is 0.497 e. The van der Waals surface area contributed by atoms with E-state index in [0.29, 0.717) is 24.9 Å². The first kappa shape index (κ1) is 18.5. The van der Waals surface area contributed by atoms with Gasteiger partial charge >= 0.3 is 0 Å². The minimum absolute atomic E-state index is 0.233. The van der Waals surface area contributed by atoms with Gasteiger partial charge in [0.25, 0.3) is 0 Å². The van der Waals surface area contributed by atoms with E-state index in [4.69, 9.17) is 4.74 Å². The molecule has 0 spiro atoms. The second kappa shape index (κ2) is 7.25. The number of aromatic amines is 1. The SMILES string of the molecule is COc1ccc2nc(CCNC(=O)C3Cc4ccccc4S(=O)(=O)N3)[nH]c2c1. The summed E-state index contributed by atoms with van der Waals surface area (Å²) in [5.41, 5.74) is 2.32. The number of aromatic nitrogens is 2. The van der Waals surface area contributed by atoms with Crippen molar-refractivity contribution in [3.8, 4) is 5.75 Å². The Bertz CT molecular complexity index is 1140. The van der Waals surface area contributed by atoms with Crippen LogP contribution >= 0.6 is 0 Å². The van der Waals surface area contributed by atoms with Crippen LogP contribution in [0.3, 0.4) is 0 Å². The zero-order valence-electron chi connectivity index (χ0n) is 15.2. The Morgan fingerprint density at radius 3 is 2.93 bits per heavy atom. The van der Waals surface area contributed by atoms with E-state index in [2.05, 4.69) is 20.0 Å². The molecule has 0 fully saturated rings. The van der Waals surface area contributed by atoms with Crippen LogP contribution in [0.1, 0.15) is 11.4 Å². The second-order valence-corrected chi connectivity index (χ2v) is 8.28. The molecule has 0 aliphatic carbocycles. The fourth-order valence-electron chi connectivity index (χ4n) is 3.31. The van der Waals surface area contributed by atoms with Crippen molar-refractivity contribution in [1.29, 1.82) is 0 Å². The summed E-state index contributed by atoms with van der Waals surface area (Å²) in [6, 6.07) is 11.5. The topological polar surface area (TPSA) is 113 Å². The van der Waals surface area contributed by atoms with Crippen molar-refractivity contribution in [2.45, 2.75) is 23.8 Å². The van der Waals surface area contributed by atoms with Crippen molar-refractivity contribution in [2.75, 3.05) is 13.7 Å². The van der Waals surface area contributed by atoms with E-state index in [0.717, 1.165) is 22.6 Å². The van der Waals surface area contributed by atoms with Crippen LogP contribution in [-0.2, 0) is 27.7 Å². The highest BCUT2D eigenvalue weighted by atomic mass is 32.2. The Kier molecular flexibility index (Phi) is 4.78. The van der Waals surface area contributed by atoms with E-state index in [-0.39, 0.29) is 10.8 Å². The van der Waals surface area contributed by atoms with Gasteiger partial charge in [-0.3, -0.25) is 4.79 Å². The molecule has 2 heterocycles. The van der Waals surface area contributed by atoms with Crippen LogP contribution in [0.15, 0.2) is 47.4 Å². The van der Waals surface area contributed by atoms with E-state index in [1.54, 1.807) is 31.4 Å². The molecule has 1 aliphatic rings. The monoisotopic (exact) mass is 400 g/mol. The zero-order valence-corrected chi connectivity index (χ0v) is 16.0. The van der Waals surface area contributed by atoms with E-state index >= 15 is 0 Å². The first-order valence-electron chi connectivity index (χ1n) is 8.87. The minimum atomic E-state index is -3.68. The van der Waals surface area contributed by atoms with E-state index in [1.165, 1.54) is 0 Å². The van der Waals surface area contributed by atoms with Crippen molar-refractivity contribution in [2.24, 2.45) is 0 Å². The highest BCUT2D eigenvalue weighted by molar-refractivity contribution is 7.89. The predicted octanol–water partition coefficient (Wildman–Crippen LogP) is 1.13. The number of rotatable bonds is 5. The van der Waals surface area contributed by atoms with Crippen molar-refractivity contribution in [3.05, 3.63) is 53.9 Å². The number of carbonyl (C=O) groups is 1. The number of hydrogen-bond acceptors (Lipinski definition) is 5. The van der Waals surface area contributed by atoms with Crippen LogP contribution in [0, 0.1) is 0 Å². The number of amides is 1. The molecule has 8 nitrogen and oxygen atoms in total. The molecule has 0 bridgehead atoms. The van der Waals surface area contributed by atoms with E-state index in [1.807, 2.05) is 18.2 Å². The minimum Gasteiger partial charge on any atom is -0.497 e. The van der Waals surface area contributed by atoms with Crippen LogP contribution in [0.25, 0.3) is 11.0 Å². The van der Waals surface area contributed by atoms with Gasteiger partial charge < -0.3 is 15.0 Å². The van der Waals surface area contributed by atoms with Crippen LogP contribution < -0.4 is 14.8 Å². The third-order valence-corrected chi connectivity index (χ3v) is 6.27. The smallest absolute Gasteiger partial charge is 0.241 e. The number of imidazole rings is 1. The van der Waals surface area contributed by atoms with Crippen LogP contribution in [0.5, 0.6) is 5.75 Å². The molecule has 2 aromatic carbocycles. The summed E-state index contributed by atoms with van der Waals surface area (Å²) in [5.74, 6) is 1.12. The van der Waals surface area contributed by atoms with Gasteiger partial charge in [0.1, 0.15) is 17.6 Å². The molecule has 28 heavy (non-hydrogen) atoms. The molecule has 9 heteroatoms. The molecule has 0 radical (unpaired) electrons. The van der Waals surface area contributed by atoms with Crippen LogP contribution in [0.2, 0.25) is 0 Å². The lowest BCUT2D eigenvalue weighted by Crippen LogP contribution is -2.50. The first-order valence-corrected chi connectivity index (χ1v) is 10.4. The Hall–Kier alpha value is -2.91. The first-order chi connectivity index (χ1) is 13.5. The van der Waals surface area contributed by atoms with Crippen molar-refractivity contribution in [1.82, 2.24) is 20.0 Å². The Morgan fingerprint density at radius 2 is 2.11 bits per heavy atom. The van der Waals surface area contributed by atoms with Crippen LogP contribution in [0.4, 0.5) is 0 Å². The molecular weight excluding hydrogens is 380 g/mol. The van der Waals surface area contributed by atoms with Gasteiger partial charge in [-0.25, -0.2) is 13.4 Å². The summed E-state index contributed by atoms with van der Waals surface area (Å²) < 4.78 is 32.3. The molecule has 0 saturated heterocycles. The van der Waals surface area contributed by atoms with Crippen molar-refractivity contribution < 1.29 is 17.9 Å². The van der Waals surface area contributed by atoms with Crippen molar-refractivity contribution >= 4 is 27.0 Å². The third kappa shape index (κ3) is 3.58. The maximum atomic E-state index is 12.5. The van der Waals surface area contributed by atoms with Gasteiger partial charge in [0, 0.05) is 19.0 Å². The molecule has 1 aliphatic heterocycles. The quantitative estimate of drug-likeness (QED) is 0.594. The Morgan fingerprint density at radius 1 is 1.29 bits per heavy atom. The summed E-state index contributed by atoms with van der Waals surface area (Å²) in [4.78, 5) is 20.4. The number of carbonyl (C=O) groups excluding carboxylic acids is 1. The summed E-state index contributed by atoms with van der Waals surface area (Å²) in [5, 5.41) is 2.79. The number of H-pyrrole nitrogens is 1. The molecule has 146 valence electrons. The van der Waals surface area contributed by atoms with Gasteiger partial charge in [0.2, 0.25) is 15.9 Å². The van der Waals surface area contributed by atoms with Gasteiger partial charge in [-0.2, -0.15) is 4.72 Å². The lowest BCUT2D eigenvalue weighted by Gasteiger charge is -2.25. The molecule has 1 unspecified atom stereocenters. The molecule has 4 rings (SSSR count). The molecule has 1 atom stereocenters. The van der Waals surface area contributed by atoms with Gasteiger partial charge in [-0.15, -0.1) is 0 Å². The summed E-state index contributed by atoms with van der Waals surface area (Å²) in [6.45, 7) is 0.343. The van der Waals surface area contributed by atoms with Gasteiger partial charge in [-0.05, 0) is 30.2 Å². The average molecular weight is 400 g/mol. The molecule has 3 aromatic rings. The summed E-state index contributed by atoms with van der Waals surface area (Å²) >= 11 is 0. The predicted molar refractivity (Wildman–Crippen MR) is 104 cm³/mol. The fraction of sp³-hybridized carbons (Fsp3) is 0.263. The second-order valence-electron chi connectivity index (χ2n) is 6.59. The average Bonchev–Trinajstić information content (AvgIpc) is 3.09.